The van der Waals surface area contributed by atoms with E-state index in [2.05, 4.69) is 9.97 Å². The predicted molar refractivity (Wildman–Crippen MR) is 93.6 cm³/mol. The Morgan fingerprint density at radius 3 is 2.80 bits per heavy atom. The number of nitrogens with zero attached hydrogens (tertiary/aromatic N) is 2. The summed E-state index contributed by atoms with van der Waals surface area (Å²) in [4.78, 5) is 32.9. The minimum Gasteiger partial charge on any atom is -0.388 e. The molecule has 0 radical (unpaired) electrons. The van der Waals surface area contributed by atoms with Crippen LogP contribution in [-0.4, -0.2) is 58.3 Å². The molecule has 1 aromatic carbocycles. The molecule has 0 aliphatic carbocycles. The molecule has 0 saturated carbocycles. The fourth-order valence-corrected chi connectivity index (χ4v) is 3.36. The maximum Gasteiger partial charge on any atom is 0.264 e. The largest absolute Gasteiger partial charge is 0.388 e. The van der Waals surface area contributed by atoms with Gasteiger partial charge in [0.2, 0.25) is 0 Å². The van der Waals surface area contributed by atoms with Crippen molar-refractivity contribution in [3.8, 4) is 0 Å². The van der Waals surface area contributed by atoms with Gasteiger partial charge in [0.25, 0.3) is 11.5 Å². The zero-order chi connectivity index (χ0) is 17.8. The Balaban J connectivity index is 1.69. The second-order valence-electron chi connectivity index (χ2n) is 5.79. The number of aliphatic hydroxyl groups excluding tert-OH is 1. The highest BCUT2D eigenvalue weighted by atomic mass is 32.2. The molecule has 2 heterocycles. The first-order valence-corrected chi connectivity index (χ1v) is 8.84. The SMILES string of the molecule is CN(C(=O)c1cnc(SCc2ccccc2)[nH]c1=O)[C@H]1COC[C@@H]1O. The van der Waals surface area contributed by atoms with E-state index in [-0.39, 0.29) is 18.8 Å². The topological polar surface area (TPSA) is 95.5 Å². The normalized spacial score (nSPS) is 19.8. The summed E-state index contributed by atoms with van der Waals surface area (Å²) >= 11 is 1.39. The minimum absolute atomic E-state index is 0.0503. The number of rotatable bonds is 5. The Labute approximate surface area is 149 Å². The standard InChI is InChI=1S/C17H19N3O4S/c1-20(13-8-24-9-14(13)21)16(23)12-7-18-17(19-15(12)22)25-10-11-5-3-2-4-6-11/h2-7,13-14,21H,8-10H2,1H3,(H,18,19,22)/t13-,14-/m0/s1. The zero-order valence-corrected chi connectivity index (χ0v) is 14.5. The van der Waals surface area contributed by atoms with E-state index in [1.807, 2.05) is 30.3 Å². The molecule has 2 atom stereocenters. The number of carbonyl (C=O) groups excluding carboxylic acids is 1. The molecule has 1 saturated heterocycles. The Morgan fingerprint density at radius 2 is 2.16 bits per heavy atom. The summed E-state index contributed by atoms with van der Waals surface area (Å²) in [5, 5.41) is 10.3. The maximum absolute atomic E-state index is 12.5. The average molecular weight is 361 g/mol. The van der Waals surface area contributed by atoms with Crippen LogP contribution in [0.4, 0.5) is 0 Å². The summed E-state index contributed by atoms with van der Waals surface area (Å²) in [6.45, 7) is 0.436. The van der Waals surface area contributed by atoms with Crippen molar-refractivity contribution in [3.05, 3.63) is 58.0 Å². The van der Waals surface area contributed by atoms with Crippen molar-refractivity contribution in [2.75, 3.05) is 20.3 Å². The molecule has 1 aromatic heterocycles. The highest BCUT2D eigenvalue weighted by Gasteiger charge is 2.33. The van der Waals surface area contributed by atoms with Crippen LogP contribution in [0.15, 0.2) is 46.5 Å². The van der Waals surface area contributed by atoms with Gasteiger partial charge < -0.3 is 19.7 Å². The summed E-state index contributed by atoms with van der Waals surface area (Å²) in [6, 6.07) is 9.37. The maximum atomic E-state index is 12.5. The van der Waals surface area contributed by atoms with Gasteiger partial charge in [-0.3, -0.25) is 9.59 Å². The van der Waals surface area contributed by atoms with Crippen molar-refractivity contribution in [3.63, 3.8) is 0 Å². The Morgan fingerprint density at radius 1 is 1.40 bits per heavy atom. The molecule has 1 aliphatic heterocycles. The number of H-pyrrole nitrogens is 1. The number of aliphatic hydroxyl groups is 1. The van der Waals surface area contributed by atoms with Crippen LogP contribution >= 0.6 is 11.8 Å². The average Bonchev–Trinajstić information content (AvgIpc) is 3.05. The van der Waals surface area contributed by atoms with Gasteiger partial charge in [-0.25, -0.2) is 4.98 Å². The molecule has 2 N–H and O–H groups in total. The molecule has 0 unspecified atom stereocenters. The molecule has 25 heavy (non-hydrogen) atoms. The molecule has 1 aliphatic rings. The molecule has 0 spiro atoms. The van der Waals surface area contributed by atoms with Gasteiger partial charge in [0.15, 0.2) is 5.16 Å². The fourth-order valence-electron chi connectivity index (χ4n) is 2.57. The molecule has 7 nitrogen and oxygen atoms in total. The summed E-state index contributed by atoms with van der Waals surface area (Å²) in [7, 11) is 1.54. The first-order valence-electron chi connectivity index (χ1n) is 7.85. The molecule has 3 rings (SSSR count). The van der Waals surface area contributed by atoms with Crippen LogP contribution in [-0.2, 0) is 10.5 Å². The number of hydrogen-bond acceptors (Lipinski definition) is 6. The predicted octanol–water partition coefficient (Wildman–Crippen LogP) is 0.894. The van der Waals surface area contributed by atoms with E-state index in [9.17, 15) is 14.7 Å². The minimum atomic E-state index is -0.748. The van der Waals surface area contributed by atoms with Gasteiger partial charge in [-0.1, -0.05) is 42.1 Å². The number of thioether (sulfide) groups is 1. The van der Waals surface area contributed by atoms with Gasteiger partial charge in [-0.2, -0.15) is 0 Å². The van der Waals surface area contributed by atoms with Crippen molar-refractivity contribution < 1.29 is 14.6 Å². The molecule has 2 aromatic rings. The van der Waals surface area contributed by atoms with Crippen molar-refractivity contribution >= 4 is 17.7 Å². The number of nitrogens with one attached hydrogen (secondary N) is 1. The Kier molecular flexibility index (Phi) is 5.52. The van der Waals surface area contributed by atoms with Crippen LogP contribution in [0.1, 0.15) is 15.9 Å². The van der Waals surface area contributed by atoms with Crippen LogP contribution in [0, 0.1) is 0 Å². The van der Waals surface area contributed by atoms with Gasteiger partial charge in [0.1, 0.15) is 5.56 Å². The summed E-state index contributed by atoms with van der Waals surface area (Å²) in [6.07, 6.45) is 0.536. The lowest BCUT2D eigenvalue weighted by Crippen LogP contribution is -2.45. The van der Waals surface area contributed by atoms with Crippen LogP contribution in [0.25, 0.3) is 0 Å². The van der Waals surface area contributed by atoms with E-state index in [0.29, 0.717) is 10.9 Å². The van der Waals surface area contributed by atoms with Crippen LogP contribution in [0.3, 0.4) is 0 Å². The van der Waals surface area contributed by atoms with Crippen LogP contribution in [0.5, 0.6) is 0 Å². The second-order valence-corrected chi connectivity index (χ2v) is 6.76. The number of aromatic nitrogens is 2. The van der Waals surface area contributed by atoms with E-state index in [0.717, 1.165) is 5.56 Å². The first-order chi connectivity index (χ1) is 12.1. The number of ether oxygens (including phenoxy) is 1. The molecular formula is C17H19N3O4S. The Bertz CT molecular complexity index is 796. The van der Waals surface area contributed by atoms with E-state index in [1.54, 1.807) is 7.05 Å². The van der Waals surface area contributed by atoms with Crippen molar-refractivity contribution in [1.29, 1.82) is 0 Å². The van der Waals surface area contributed by atoms with E-state index < -0.39 is 23.6 Å². The van der Waals surface area contributed by atoms with Gasteiger partial charge in [0, 0.05) is 19.0 Å². The lowest BCUT2D eigenvalue weighted by atomic mass is 10.1. The van der Waals surface area contributed by atoms with Gasteiger partial charge in [0.05, 0.1) is 25.4 Å². The number of carbonyl (C=O) groups is 1. The quantitative estimate of drug-likeness (QED) is 0.607. The van der Waals surface area contributed by atoms with E-state index in [1.165, 1.54) is 22.9 Å². The molecule has 8 heteroatoms. The smallest absolute Gasteiger partial charge is 0.264 e. The van der Waals surface area contributed by atoms with E-state index >= 15 is 0 Å². The second kappa shape index (κ2) is 7.81. The van der Waals surface area contributed by atoms with E-state index in [4.69, 9.17) is 4.74 Å². The van der Waals surface area contributed by atoms with Gasteiger partial charge in [-0.05, 0) is 5.56 Å². The molecule has 1 amide bonds. The third kappa shape index (κ3) is 4.09. The lowest BCUT2D eigenvalue weighted by Gasteiger charge is -2.25. The lowest BCUT2D eigenvalue weighted by molar-refractivity contribution is 0.0579. The number of aromatic amines is 1. The Hall–Kier alpha value is -2.16. The number of amides is 1. The van der Waals surface area contributed by atoms with Crippen molar-refractivity contribution in [1.82, 2.24) is 14.9 Å². The van der Waals surface area contributed by atoms with Gasteiger partial charge in [-0.15, -0.1) is 0 Å². The third-order valence-corrected chi connectivity index (χ3v) is 5.02. The molecule has 1 fully saturated rings. The third-order valence-electron chi connectivity index (χ3n) is 4.06. The monoisotopic (exact) mass is 361 g/mol. The highest BCUT2D eigenvalue weighted by molar-refractivity contribution is 7.98. The van der Waals surface area contributed by atoms with Crippen molar-refractivity contribution in [2.24, 2.45) is 0 Å². The summed E-state index contributed by atoms with van der Waals surface area (Å²) in [5.41, 5.74) is 0.576. The molecule has 0 bridgehead atoms. The highest BCUT2D eigenvalue weighted by Crippen LogP contribution is 2.18. The zero-order valence-electron chi connectivity index (χ0n) is 13.7. The summed E-state index contributed by atoms with van der Waals surface area (Å²) in [5.74, 6) is 0.186. The number of benzene rings is 1. The molecular weight excluding hydrogens is 342 g/mol. The summed E-state index contributed by atoms with van der Waals surface area (Å²) < 4.78 is 5.15. The van der Waals surface area contributed by atoms with Gasteiger partial charge >= 0.3 is 0 Å². The molecule has 132 valence electrons. The fraction of sp³-hybridized carbons (Fsp3) is 0.353. The number of likely N-dealkylation sites (N-methyl/N-ethyl adjacent to an activating group) is 1. The van der Waals surface area contributed by atoms with Crippen LogP contribution < -0.4 is 5.56 Å². The number of hydrogen-bond donors (Lipinski definition) is 2. The van der Waals surface area contributed by atoms with Crippen molar-refractivity contribution in [2.45, 2.75) is 23.1 Å². The van der Waals surface area contributed by atoms with Crippen LogP contribution in [0.2, 0.25) is 0 Å². The first kappa shape index (κ1) is 17.7.